The molecule has 1 amide bonds. The zero-order valence-corrected chi connectivity index (χ0v) is 25.8. The first-order chi connectivity index (χ1) is 22.0. The highest BCUT2D eigenvalue weighted by Crippen LogP contribution is 2.39. The van der Waals surface area contributed by atoms with E-state index < -0.39 is 40.2 Å². The van der Waals surface area contributed by atoms with Crippen LogP contribution in [0.2, 0.25) is 0 Å². The summed E-state index contributed by atoms with van der Waals surface area (Å²) in [7, 11) is -3.84. The zero-order chi connectivity index (χ0) is 32.5. The van der Waals surface area contributed by atoms with E-state index in [0.717, 1.165) is 59.6 Å². The van der Waals surface area contributed by atoms with Crippen LogP contribution in [0.1, 0.15) is 11.1 Å². The highest BCUT2D eigenvalue weighted by atomic mass is 32.2. The number of anilines is 2. The lowest BCUT2D eigenvalue weighted by Gasteiger charge is -2.47. The molecule has 0 aliphatic carbocycles. The van der Waals surface area contributed by atoms with Gasteiger partial charge in [-0.25, -0.2) is 13.7 Å². The molecule has 0 radical (unpaired) electrons. The lowest BCUT2D eigenvalue weighted by Crippen LogP contribution is -2.66. The Morgan fingerprint density at radius 1 is 0.957 bits per heavy atom. The van der Waals surface area contributed by atoms with Crippen LogP contribution in [0.25, 0.3) is 0 Å². The molecule has 3 aromatic rings. The number of nitrogens with zero attached hydrogens (tertiary/aromatic N) is 3. The number of para-hydroxylation sites is 2. The maximum absolute atomic E-state index is 13.8. The smallest absolute Gasteiger partial charge is 0.406 e. The van der Waals surface area contributed by atoms with E-state index in [-0.39, 0.29) is 30.4 Å². The number of morpholine rings is 1. The monoisotopic (exact) mass is 659 g/mol. The number of rotatable bonds is 7. The fourth-order valence-electron chi connectivity index (χ4n) is 6.40. The molecule has 2 saturated heterocycles. The van der Waals surface area contributed by atoms with Crippen molar-refractivity contribution in [3.8, 4) is 5.75 Å². The van der Waals surface area contributed by atoms with E-state index in [9.17, 15) is 27.3 Å². The number of fused-ring (bicyclic) bond motifs is 2. The number of hydrogen-bond donors (Lipinski definition) is 3. The normalized spacial score (nSPS) is 23.5. The third-order valence-corrected chi connectivity index (χ3v) is 10.2. The number of aliphatic hydroxyl groups is 1. The van der Waals surface area contributed by atoms with Gasteiger partial charge in [0, 0.05) is 37.6 Å². The summed E-state index contributed by atoms with van der Waals surface area (Å²) in [5, 5.41) is 12.0. The molecule has 0 saturated carbocycles. The maximum atomic E-state index is 13.8. The van der Waals surface area contributed by atoms with E-state index in [1.807, 2.05) is 53.4 Å². The van der Waals surface area contributed by atoms with Gasteiger partial charge in [-0.2, -0.15) is 0 Å². The van der Waals surface area contributed by atoms with Crippen LogP contribution in [-0.2, 0) is 32.3 Å². The van der Waals surface area contributed by atoms with Crippen LogP contribution >= 0.6 is 0 Å². The fraction of sp³-hybridized carbons (Fsp3) is 0.406. The molecule has 246 valence electrons. The largest absolute Gasteiger partial charge is 0.573 e. The molecule has 3 aliphatic rings. The Hall–Kier alpha value is -3.69. The predicted octanol–water partition coefficient (Wildman–Crippen LogP) is 3.70. The molecule has 3 aliphatic heterocycles. The standard InChI is InChI=1S/C32H36F3N5O5S/c33-32(34,35)45-24-11-13-25(14-12-24)46(36,43)37-26-19-39(30(41)21-38-15-17-44-18-16-38)20-29(31(26)42)40-27-7-3-1-5-22(27)9-10-23-6-2-4-8-28(23)40/h1-8,11-14,26,29,31,42H,9-10,15-21H2,(H2,36,37,43). The van der Waals surface area contributed by atoms with Gasteiger partial charge in [0.15, 0.2) is 0 Å². The zero-order valence-electron chi connectivity index (χ0n) is 25.0. The molecular weight excluding hydrogens is 623 g/mol. The quantitative estimate of drug-likeness (QED) is 0.354. The lowest BCUT2D eigenvalue weighted by atomic mass is 9.94. The van der Waals surface area contributed by atoms with Crippen molar-refractivity contribution in [1.82, 2.24) is 14.5 Å². The van der Waals surface area contributed by atoms with Gasteiger partial charge in [0.05, 0.1) is 42.8 Å². The summed E-state index contributed by atoms with van der Waals surface area (Å²) in [6, 6.07) is 18.4. The molecule has 0 bridgehead atoms. The Balaban J connectivity index is 1.34. The number of benzene rings is 3. The van der Waals surface area contributed by atoms with E-state index in [1.54, 1.807) is 4.90 Å². The molecule has 0 spiro atoms. The number of likely N-dealkylation sites (tertiary alicyclic amines) is 1. The van der Waals surface area contributed by atoms with Gasteiger partial charge in [0.25, 0.3) is 0 Å². The first-order valence-corrected chi connectivity index (χ1v) is 16.7. The summed E-state index contributed by atoms with van der Waals surface area (Å²) in [4.78, 5) is 19.4. The number of carbonyl (C=O) groups excluding carboxylic acids is 1. The molecule has 4 unspecified atom stereocenters. The van der Waals surface area contributed by atoms with Crippen LogP contribution in [0, 0.1) is 4.78 Å². The fourth-order valence-corrected chi connectivity index (χ4v) is 7.70. The number of alkyl halides is 3. The van der Waals surface area contributed by atoms with Gasteiger partial charge < -0.3 is 24.4 Å². The molecule has 3 N–H and O–H groups in total. The Bertz CT molecular complexity index is 1600. The average Bonchev–Trinajstić information content (AvgIpc) is 3.19. The summed E-state index contributed by atoms with van der Waals surface area (Å²) < 4.78 is 72.6. The van der Waals surface area contributed by atoms with Gasteiger partial charge in [-0.15, -0.1) is 13.2 Å². The maximum Gasteiger partial charge on any atom is 0.573 e. The summed E-state index contributed by atoms with van der Waals surface area (Å²) in [5.41, 5.74) is 3.95. The number of nitrogens with one attached hydrogen (secondary N) is 2. The minimum absolute atomic E-state index is 0.0247. The SMILES string of the molecule is N=S(=O)(NC1CN(C(=O)CN2CCOCC2)CC(N2c3ccccc3CCc3ccccc32)C1O)c1ccc(OC(F)(F)F)cc1. The van der Waals surface area contributed by atoms with E-state index in [2.05, 4.69) is 14.4 Å². The van der Waals surface area contributed by atoms with Crippen LogP contribution in [0.15, 0.2) is 77.7 Å². The van der Waals surface area contributed by atoms with Crippen molar-refractivity contribution in [3.63, 3.8) is 0 Å². The number of amides is 1. The Labute approximate surface area is 265 Å². The Morgan fingerprint density at radius 3 is 2.13 bits per heavy atom. The van der Waals surface area contributed by atoms with Gasteiger partial charge in [0.2, 0.25) is 5.91 Å². The minimum atomic E-state index is -4.90. The molecule has 3 aromatic carbocycles. The molecular formula is C32H36F3N5O5S. The van der Waals surface area contributed by atoms with Crippen molar-refractivity contribution in [2.75, 3.05) is 50.8 Å². The predicted molar refractivity (Wildman–Crippen MR) is 165 cm³/mol. The molecule has 4 atom stereocenters. The van der Waals surface area contributed by atoms with Crippen molar-refractivity contribution in [2.45, 2.75) is 42.3 Å². The first kappa shape index (κ1) is 32.3. The van der Waals surface area contributed by atoms with Crippen LogP contribution in [0.3, 0.4) is 0 Å². The molecule has 10 nitrogen and oxygen atoms in total. The number of aliphatic hydroxyl groups excluding tert-OH is 1. The van der Waals surface area contributed by atoms with E-state index >= 15 is 0 Å². The number of carbonyl (C=O) groups is 1. The van der Waals surface area contributed by atoms with Gasteiger partial charge >= 0.3 is 6.36 Å². The molecule has 0 aromatic heterocycles. The number of aryl methyl sites for hydroxylation is 2. The third kappa shape index (κ3) is 7.15. The summed E-state index contributed by atoms with van der Waals surface area (Å²) in [6.07, 6.45) is -4.53. The van der Waals surface area contributed by atoms with Crippen LogP contribution in [0.4, 0.5) is 24.5 Å². The number of piperidine rings is 1. The van der Waals surface area contributed by atoms with Crippen LogP contribution in [-0.4, -0.2) is 95.5 Å². The van der Waals surface area contributed by atoms with E-state index in [1.165, 1.54) is 0 Å². The number of halogens is 3. The van der Waals surface area contributed by atoms with Gasteiger partial charge in [-0.3, -0.25) is 9.69 Å². The van der Waals surface area contributed by atoms with Crippen molar-refractivity contribution in [3.05, 3.63) is 83.9 Å². The topological polar surface area (TPSA) is 118 Å². The van der Waals surface area contributed by atoms with Crippen molar-refractivity contribution in [1.29, 1.82) is 4.78 Å². The van der Waals surface area contributed by atoms with Crippen molar-refractivity contribution >= 4 is 27.2 Å². The minimum Gasteiger partial charge on any atom is -0.406 e. The highest BCUT2D eigenvalue weighted by Gasteiger charge is 2.44. The van der Waals surface area contributed by atoms with Gasteiger partial charge in [-0.05, 0) is 60.4 Å². The van der Waals surface area contributed by atoms with Crippen molar-refractivity contribution < 1.29 is 36.8 Å². The Kier molecular flexibility index (Phi) is 9.26. The third-order valence-electron chi connectivity index (χ3n) is 8.65. The van der Waals surface area contributed by atoms with E-state index in [0.29, 0.717) is 26.3 Å². The molecule has 46 heavy (non-hydrogen) atoms. The second-order valence-corrected chi connectivity index (χ2v) is 13.5. The average molecular weight is 660 g/mol. The molecule has 14 heteroatoms. The molecule has 3 heterocycles. The van der Waals surface area contributed by atoms with E-state index in [4.69, 9.17) is 9.52 Å². The van der Waals surface area contributed by atoms with Gasteiger partial charge in [-0.1, -0.05) is 36.4 Å². The summed E-state index contributed by atoms with van der Waals surface area (Å²) in [6.45, 7) is 2.55. The number of hydrogen-bond acceptors (Lipinski definition) is 8. The lowest BCUT2D eigenvalue weighted by molar-refractivity contribution is -0.274. The second kappa shape index (κ2) is 13.2. The van der Waals surface area contributed by atoms with Crippen LogP contribution < -0.4 is 14.4 Å². The second-order valence-electron chi connectivity index (χ2n) is 11.7. The highest BCUT2D eigenvalue weighted by molar-refractivity contribution is 7.90. The number of ether oxygens (including phenoxy) is 2. The summed E-state index contributed by atoms with van der Waals surface area (Å²) >= 11 is 0. The summed E-state index contributed by atoms with van der Waals surface area (Å²) in [5.74, 6) is -0.685. The first-order valence-electron chi connectivity index (χ1n) is 15.1. The van der Waals surface area contributed by atoms with Crippen molar-refractivity contribution in [2.24, 2.45) is 0 Å². The van der Waals surface area contributed by atoms with Crippen LogP contribution in [0.5, 0.6) is 5.75 Å². The molecule has 2 fully saturated rings. The molecule has 6 rings (SSSR count). The van der Waals surface area contributed by atoms with Gasteiger partial charge in [0.1, 0.15) is 15.7 Å². The Morgan fingerprint density at radius 2 is 1.54 bits per heavy atom.